The lowest BCUT2D eigenvalue weighted by atomic mass is 9.89. The third-order valence-corrected chi connectivity index (χ3v) is 5.83. The Morgan fingerprint density at radius 2 is 1.77 bits per heavy atom. The first-order valence-electron chi connectivity index (χ1n) is 10.2. The van der Waals surface area contributed by atoms with Gasteiger partial charge in [0.15, 0.2) is 11.5 Å². The third-order valence-electron chi connectivity index (χ3n) is 5.83. The first kappa shape index (κ1) is 20.3. The van der Waals surface area contributed by atoms with Crippen molar-refractivity contribution in [1.29, 1.82) is 0 Å². The molecule has 0 aliphatic carbocycles. The maximum Gasteiger partial charge on any atom is 0.227 e. The number of anilines is 2. The van der Waals surface area contributed by atoms with Gasteiger partial charge in [-0.3, -0.25) is 9.59 Å². The zero-order valence-corrected chi connectivity index (χ0v) is 17.2. The highest BCUT2D eigenvalue weighted by Crippen LogP contribution is 2.34. The number of fused-ring (bicyclic) bond motifs is 1. The van der Waals surface area contributed by atoms with Crippen molar-refractivity contribution in [3.63, 3.8) is 0 Å². The molecule has 0 spiro atoms. The van der Waals surface area contributed by atoms with Gasteiger partial charge >= 0.3 is 0 Å². The summed E-state index contributed by atoms with van der Waals surface area (Å²) in [4.78, 5) is 36.0. The van der Waals surface area contributed by atoms with Crippen LogP contribution in [-0.2, 0) is 14.3 Å². The minimum Gasteiger partial charge on any atom is -0.493 e. The lowest BCUT2D eigenvalue weighted by Crippen LogP contribution is -2.41. The summed E-state index contributed by atoms with van der Waals surface area (Å²) in [5, 5.41) is 0.684. The minimum atomic E-state index is -0.550. The van der Waals surface area contributed by atoms with Gasteiger partial charge in [0.2, 0.25) is 17.5 Å². The van der Waals surface area contributed by atoms with E-state index in [2.05, 4.69) is 9.97 Å². The highest BCUT2D eigenvalue weighted by Gasteiger charge is 2.35. The van der Waals surface area contributed by atoms with Crippen LogP contribution in [0.2, 0.25) is 0 Å². The van der Waals surface area contributed by atoms with E-state index in [1.807, 2.05) is 4.90 Å². The van der Waals surface area contributed by atoms with Gasteiger partial charge in [-0.2, -0.15) is 4.98 Å². The van der Waals surface area contributed by atoms with Crippen LogP contribution in [0.5, 0.6) is 11.5 Å². The molecule has 0 radical (unpaired) electrons. The first-order chi connectivity index (χ1) is 14.5. The number of hydrogen-bond acceptors (Lipinski definition) is 9. The van der Waals surface area contributed by atoms with Crippen LogP contribution in [-0.4, -0.2) is 61.6 Å². The Morgan fingerprint density at radius 3 is 2.40 bits per heavy atom. The maximum absolute atomic E-state index is 12.6. The van der Waals surface area contributed by atoms with Gasteiger partial charge < -0.3 is 24.8 Å². The van der Waals surface area contributed by atoms with E-state index >= 15 is 0 Å². The monoisotopic (exact) mass is 414 g/mol. The van der Waals surface area contributed by atoms with E-state index in [0.717, 1.165) is 6.42 Å². The Kier molecular flexibility index (Phi) is 5.72. The number of piperidine rings is 1. The number of rotatable bonds is 6. The first-order valence-corrected chi connectivity index (χ1v) is 10.2. The Labute approximate surface area is 174 Å². The average Bonchev–Trinajstić information content (AvgIpc) is 3.32. The van der Waals surface area contributed by atoms with Crippen LogP contribution in [0, 0.1) is 5.92 Å². The zero-order valence-electron chi connectivity index (χ0n) is 17.2. The van der Waals surface area contributed by atoms with Crippen LogP contribution in [0.15, 0.2) is 12.1 Å². The molecule has 1 atom stereocenters. The number of nitrogens with two attached hydrogens (primary N) is 1. The fraction of sp³-hybridized carbons (Fsp3) is 0.524. The molecule has 30 heavy (non-hydrogen) atoms. The predicted octanol–water partition coefficient (Wildman–Crippen LogP) is 1.76. The Bertz CT molecular complexity index is 966. The number of ether oxygens (including phenoxy) is 3. The fourth-order valence-corrected chi connectivity index (χ4v) is 4.09. The molecule has 4 rings (SSSR count). The van der Waals surface area contributed by atoms with Gasteiger partial charge in [0.1, 0.15) is 11.9 Å². The van der Waals surface area contributed by atoms with E-state index < -0.39 is 6.10 Å². The van der Waals surface area contributed by atoms with E-state index in [0.29, 0.717) is 73.1 Å². The normalized spacial score (nSPS) is 19.8. The van der Waals surface area contributed by atoms with Gasteiger partial charge in [0.25, 0.3) is 0 Å². The van der Waals surface area contributed by atoms with Crippen LogP contribution in [0.1, 0.15) is 25.7 Å². The van der Waals surface area contributed by atoms with E-state index in [4.69, 9.17) is 19.9 Å². The van der Waals surface area contributed by atoms with Crippen molar-refractivity contribution in [3.8, 4) is 11.5 Å². The van der Waals surface area contributed by atoms with E-state index in [9.17, 15) is 9.59 Å². The minimum absolute atomic E-state index is 0.278. The topological polar surface area (TPSA) is 117 Å². The van der Waals surface area contributed by atoms with Crippen LogP contribution in [0.25, 0.3) is 10.9 Å². The van der Waals surface area contributed by atoms with Crippen LogP contribution < -0.4 is 20.1 Å². The molecule has 160 valence electrons. The summed E-state index contributed by atoms with van der Waals surface area (Å²) in [5.74, 6) is 1.01. The van der Waals surface area contributed by atoms with Gasteiger partial charge in [0, 0.05) is 37.1 Å². The molecule has 0 bridgehead atoms. The third kappa shape index (κ3) is 3.77. The van der Waals surface area contributed by atoms with E-state index in [1.54, 1.807) is 26.4 Å². The number of Topliss-reactive ketones (excluding diaryl/α,β-unsaturated/α-hetero) is 2. The average molecular weight is 414 g/mol. The molecule has 1 aromatic heterocycles. The molecule has 0 amide bonds. The highest BCUT2D eigenvalue weighted by molar-refractivity contribution is 6.39. The number of carbonyl (C=O) groups excluding carboxylic acids is 2. The SMILES string of the molecule is COc1cc2nc(N3CCC(C(=O)C(=O)C4CCCO4)CC3)nc(N)c2cc1OC. The summed E-state index contributed by atoms with van der Waals surface area (Å²) in [6.45, 7) is 1.71. The molecule has 2 fully saturated rings. The van der Waals surface area contributed by atoms with Gasteiger partial charge in [-0.25, -0.2) is 4.98 Å². The van der Waals surface area contributed by atoms with Crippen LogP contribution >= 0.6 is 0 Å². The Hall–Kier alpha value is -2.94. The highest BCUT2D eigenvalue weighted by atomic mass is 16.5. The summed E-state index contributed by atoms with van der Waals surface area (Å²) in [7, 11) is 3.12. The molecule has 2 aromatic rings. The second-order valence-corrected chi connectivity index (χ2v) is 7.62. The summed E-state index contributed by atoms with van der Waals surface area (Å²) < 4.78 is 16.0. The number of aromatic nitrogens is 2. The smallest absolute Gasteiger partial charge is 0.227 e. The molecule has 3 heterocycles. The molecule has 0 saturated carbocycles. The summed E-state index contributed by atoms with van der Waals surface area (Å²) in [5.41, 5.74) is 6.83. The van der Waals surface area contributed by atoms with Crippen molar-refractivity contribution in [1.82, 2.24) is 9.97 Å². The number of hydrogen-bond donors (Lipinski definition) is 1. The summed E-state index contributed by atoms with van der Waals surface area (Å²) in [6.07, 6.45) is 2.07. The quantitative estimate of drug-likeness (QED) is 0.706. The molecule has 2 saturated heterocycles. The van der Waals surface area contributed by atoms with Crippen molar-refractivity contribution >= 4 is 34.2 Å². The summed E-state index contributed by atoms with van der Waals surface area (Å²) in [6, 6.07) is 3.53. The molecule has 9 nitrogen and oxygen atoms in total. The number of carbonyl (C=O) groups is 2. The largest absolute Gasteiger partial charge is 0.493 e. The zero-order chi connectivity index (χ0) is 21.3. The number of methoxy groups -OCH3 is 2. The molecule has 9 heteroatoms. The van der Waals surface area contributed by atoms with Crippen LogP contribution in [0.3, 0.4) is 0 Å². The standard InChI is InChI=1S/C21H26N4O5/c1-28-16-10-13-14(11-17(16)29-2)23-21(24-20(13)22)25-7-5-12(6-8-25)18(26)19(27)15-4-3-9-30-15/h10-12,15H,3-9H2,1-2H3,(H2,22,23,24). The molecule has 2 aliphatic heterocycles. The Morgan fingerprint density at radius 1 is 1.07 bits per heavy atom. The van der Waals surface area contributed by atoms with Gasteiger partial charge in [-0.1, -0.05) is 0 Å². The number of benzene rings is 1. The second kappa shape index (κ2) is 8.43. The van der Waals surface area contributed by atoms with Crippen molar-refractivity contribution < 1.29 is 23.8 Å². The van der Waals surface area contributed by atoms with E-state index in [1.165, 1.54) is 0 Å². The molecule has 1 unspecified atom stereocenters. The molecular weight excluding hydrogens is 388 g/mol. The summed E-state index contributed by atoms with van der Waals surface area (Å²) >= 11 is 0. The van der Waals surface area contributed by atoms with E-state index in [-0.39, 0.29) is 17.5 Å². The van der Waals surface area contributed by atoms with Crippen molar-refractivity contribution in [2.24, 2.45) is 5.92 Å². The Balaban J connectivity index is 1.49. The lowest BCUT2D eigenvalue weighted by molar-refractivity contribution is -0.144. The second-order valence-electron chi connectivity index (χ2n) is 7.62. The molecule has 2 aliphatic rings. The number of nitrogen functional groups attached to an aromatic ring is 1. The van der Waals surface area contributed by atoms with Crippen molar-refractivity contribution in [2.75, 3.05) is 44.5 Å². The van der Waals surface area contributed by atoms with Gasteiger partial charge in [0.05, 0.1) is 19.7 Å². The van der Waals surface area contributed by atoms with Gasteiger partial charge in [-0.15, -0.1) is 0 Å². The maximum atomic E-state index is 12.6. The molecule has 2 N–H and O–H groups in total. The molecule has 1 aromatic carbocycles. The predicted molar refractivity (Wildman–Crippen MR) is 111 cm³/mol. The van der Waals surface area contributed by atoms with Crippen molar-refractivity contribution in [3.05, 3.63) is 12.1 Å². The van der Waals surface area contributed by atoms with Crippen molar-refractivity contribution in [2.45, 2.75) is 31.8 Å². The molecular formula is C21H26N4O5. The van der Waals surface area contributed by atoms with Crippen LogP contribution in [0.4, 0.5) is 11.8 Å². The number of nitrogens with zero attached hydrogens (tertiary/aromatic N) is 3. The number of ketones is 2. The lowest BCUT2D eigenvalue weighted by Gasteiger charge is -2.31. The van der Waals surface area contributed by atoms with Gasteiger partial charge in [-0.05, 0) is 31.7 Å². The fourth-order valence-electron chi connectivity index (χ4n) is 4.09.